The Hall–Kier alpha value is -0.240. The molecule has 1 fully saturated rings. The molecule has 0 spiro atoms. The summed E-state index contributed by atoms with van der Waals surface area (Å²) < 4.78 is 0. The minimum atomic E-state index is 0.0460. The van der Waals surface area contributed by atoms with Gasteiger partial charge >= 0.3 is 0 Å². The standard InChI is InChI=1S/C12H22ClNO/c1-10(13)9-14(2)12(15)11-7-5-3-4-6-8-11/h10-11H,3-9H2,1-2H3. The van der Waals surface area contributed by atoms with E-state index in [0.717, 1.165) is 12.8 Å². The topological polar surface area (TPSA) is 20.3 Å². The van der Waals surface area contributed by atoms with Gasteiger partial charge in [-0.15, -0.1) is 11.6 Å². The van der Waals surface area contributed by atoms with E-state index < -0.39 is 0 Å². The molecule has 0 bridgehead atoms. The zero-order valence-corrected chi connectivity index (χ0v) is 10.6. The third kappa shape index (κ3) is 4.42. The molecule has 15 heavy (non-hydrogen) atoms. The molecule has 1 aliphatic rings. The van der Waals surface area contributed by atoms with Crippen LogP contribution in [-0.2, 0) is 4.79 Å². The van der Waals surface area contributed by atoms with Gasteiger partial charge in [-0.1, -0.05) is 25.7 Å². The number of amides is 1. The lowest BCUT2D eigenvalue weighted by molar-refractivity contribution is -0.134. The van der Waals surface area contributed by atoms with Gasteiger partial charge in [-0.3, -0.25) is 4.79 Å². The van der Waals surface area contributed by atoms with Crippen molar-refractivity contribution in [1.29, 1.82) is 0 Å². The Bertz CT molecular complexity index is 198. The number of carbonyl (C=O) groups excluding carboxylic acids is 1. The lowest BCUT2D eigenvalue weighted by Gasteiger charge is -2.23. The van der Waals surface area contributed by atoms with Gasteiger partial charge in [0.25, 0.3) is 0 Å². The number of rotatable bonds is 3. The minimum absolute atomic E-state index is 0.0460. The average Bonchev–Trinajstić information content (AvgIpc) is 2.43. The maximum atomic E-state index is 12.1. The highest BCUT2D eigenvalue weighted by Gasteiger charge is 2.23. The van der Waals surface area contributed by atoms with Gasteiger partial charge in [0.05, 0.1) is 0 Å². The van der Waals surface area contributed by atoms with E-state index in [9.17, 15) is 4.79 Å². The summed E-state index contributed by atoms with van der Waals surface area (Å²) >= 11 is 5.89. The Morgan fingerprint density at radius 1 is 1.33 bits per heavy atom. The Kier molecular flexibility index (Phi) is 5.44. The Balaban J connectivity index is 2.42. The van der Waals surface area contributed by atoms with Crippen molar-refractivity contribution in [3.63, 3.8) is 0 Å². The fourth-order valence-corrected chi connectivity index (χ4v) is 2.51. The third-order valence-corrected chi connectivity index (χ3v) is 3.24. The van der Waals surface area contributed by atoms with Gasteiger partial charge in [0.2, 0.25) is 5.91 Å². The van der Waals surface area contributed by atoms with Crippen molar-refractivity contribution in [2.45, 2.75) is 50.8 Å². The number of hydrogen-bond acceptors (Lipinski definition) is 1. The third-order valence-electron chi connectivity index (χ3n) is 3.11. The smallest absolute Gasteiger partial charge is 0.225 e. The summed E-state index contributed by atoms with van der Waals surface area (Å²) in [6, 6.07) is 0. The molecule has 0 saturated heterocycles. The highest BCUT2D eigenvalue weighted by atomic mass is 35.5. The van der Waals surface area contributed by atoms with Crippen LogP contribution in [0.5, 0.6) is 0 Å². The second-order valence-electron chi connectivity index (χ2n) is 4.69. The van der Waals surface area contributed by atoms with Crippen LogP contribution >= 0.6 is 11.6 Å². The van der Waals surface area contributed by atoms with Crippen molar-refractivity contribution >= 4 is 17.5 Å². The quantitative estimate of drug-likeness (QED) is 0.540. The van der Waals surface area contributed by atoms with Gasteiger partial charge in [-0.2, -0.15) is 0 Å². The maximum Gasteiger partial charge on any atom is 0.225 e. The van der Waals surface area contributed by atoms with Gasteiger partial charge in [0.15, 0.2) is 0 Å². The van der Waals surface area contributed by atoms with Crippen molar-refractivity contribution in [3.05, 3.63) is 0 Å². The summed E-state index contributed by atoms with van der Waals surface area (Å²) in [5.41, 5.74) is 0. The minimum Gasteiger partial charge on any atom is -0.344 e. The van der Waals surface area contributed by atoms with E-state index in [1.807, 2.05) is 14.0 Å². The molecule has 0 aromatic heterocycles. The van der Waals surface area contributed by atoms with Crippen LogP contribution in [0.1, 0.15) is 45.4 Å². The number of halogens is 1. The normalized spacial score (nSPS) is 20.7. The van der Waals surface area contributed by atoms with Gasteiger partial charge in [-0.05, 0) is 19.8 Å². The molecule has 88 valence electrons. The zero-order chi connectivity index (χ0) is 11.3. The predicted octanol–water partition coefficient (Wildman–Crippen LogP) is 3.04. The monoisotopic (exact) mass is 231 g/mol. The lowest BCUT2D eigenvalue weighted by atomic mass is 9.99. The van der Waals surface area contributed by atoms with Gasteiger partial charge in [0.1, 0.15) is 0 Å². The highest BCUT2D eigenvalue weighted by molar-refractivity contribution is 6.20. The molecule has 3 heteroatoms. The van der Waals surface area contributed by atoms with Crippen LogP contribution in [-0.4, -0.2) is 29.8 Å². The van der Waals surface area contributed by atoms with Gasteiger partial charge in [-0.25, -0.2) is 0 Å². The second-order valence-corrected chi connectivity index (χ2v) is 5.43. The summed E-state index contributed by atoms with van der Waals surface area (Å²) in [7, 11) is 1.87. The maximum absolute atomic E-state index is 12.1. The van der Waals surface area contributed by atoms with Crippen LogP contribution in [0.15, 0.2) is 0 Å². The van der Waals surface area contributed by atoms with E-state index in [1.165, 1.54) is 25.7 Å². The largest absolute Gasteiger partial charge is 0.344 e. The van der Waals surface area contributed by atoms with Crippen LogP contribution in [0, 0.1) is 5.92 Å². The molecule has 0 aliphatic heterocycles. The summed E-state index contributed by atoms with van der Waals surface area (Å²) in [5, 5.41) is 0.0460. The second kappa shape index (κ2) is 6.37. The molecule has 1 atom stereocenters. The van der Waals surface area contributed by atoms with E-state index in [1.54, 1.807) is 4.90 Å². The predicted molar refractivity (Wildman–Crippen MR) is 64.1 cm³/mol. The molecule has 1 amide bonds. The first-order valence-electron chi connectivity index (χ1n) is 6.00. The van der Waals surface area contributed by atoms with E-state index in [2.05, 4.69) is 0 Å². The zero-order valence-electron chi connectivity index (χ0n) is 9.84. The fourth-order valence-electron chi connectivity index (χ4n) is 2.31. The molecule has 0 aromatic rings. The van der Waals surface area contributed by atoms with Crippen LogP contribution < -0.4 is 0 Å². The fraction of sp³-hybridized carbons (Fsp3) is 0.917. The van der Waals surface area contributed by atoms with E-state index in [-0.39, 0.29) is 11.3 Å². The van der Waals surface area contributed by atoms with Crippen molar-refractivity contribution in [2.24, 2.45) is 5.92 Å². The molecule has 0 N–H and O–H groups in total. The molecule has 1 saturated carbocycles. The van der Waals surface area contributed by atoms with E-state index in [4.69, 9.17) is 11.6 Å². The summed E-state index contributed by atoms with van der Waals surface area (Å²) in [6.45, 7) is 2.59. The van der Waals surface area contributed by atoms with E-state index >= 15 is 0 Å². The van der Waals surface area contributed by atoms with Crippen LogP contribution in [0.2, 0.25) is 0 Å². The molecule has 1 unspecified atom stereocenters. The van der Waals surface area contributed by atoms with Crippen LogP contribution in [0.4, 0.5) is 0 Å². The summed E-state index contributed by atoms with van der Waals surface area (Å²) in [5.74, 6) is 0.553. The molecule has 0 heterocycles. The number of alkyl halides is 1. The summed E-state index contributed by atoms with van der Waals surface area (Å²) in [6.07, 6.45) is 7.14. The number of nitrogens with zero attached hydrogens (tertiary/aromatic N) is 1. The van der Waals surface area contributed by atoms with E-state index in [0.29, 0.717) is 12.5 Å². The molecule has 0 radical (unpaired) electrons. The SMILES string of the molecule is CC(Cl)CN(C)C(=O)C1CCCCCC1. The number of hydrogen-bond donors (Lipinski definition) is 0. The first-order chi connectivity index (χ1) is 7.11. The van der Waals surface area contributed by atoms with Crippen molar-refractivity contribution in [1.82, 2.24) is 4.90 Å². The van der Waals surface area contributed by atoms with Crippen LogP contribution in [0.3, 0.4) is 0 Å². The first kappa shape index (κ1) is 12.8. The number of carbonyl (C=O) groups is 1. The Labute approximate surface area is 98.0 Å². The highest BCUT2D eigenvalue weighted by Crippen LogP contribution is 2.24. The lowest BCUT2D eigenvalue weighted by Crippen LogP contribution is -2.36. The Morgan fingerprint density at radius 2 is 1.87 bits per heavy atom. The molecule has 1 rings (SSSR count). The van der Waals surface area contributed by atoms with Gasteiger partial charge in [0, 0.05) is 24.9 Å². The van der Waals surface area contributed by atoms with Crippen molar-refractivity contribution < 1.29 is 4.79 Å². The molecule has 1 aliphatic carbocycles. The van der Waals surface area contributed by atoms with Crippen LogP contribution in [0.25, 0.3) is 0 Å². The van der Waals surface area contributed by atoms with Gasteiger partial charge < -0.3 is 4.90 Å². The molecular formula is C12H22ClNO. The molecular weight excluding hydrogens is 210 g/mol. The van der Waals surface area contributed by atoms with Crippen molar-refractivity contribution in [2.75, 3.05) is 13.6 Å². The molecule has 0 aromatic carbocycles. The average molecular weight is 232 g/mol. The van der Waals surface area contributed by atoms with Crippen molar-refractivity contribution in [3.8, 4) is 0 Å². The first-order valence-corrected chi connectivity index (χ1v) is 6.44. The molecule has 2 nitrogen and oxygen atoms in total. The Morgan fingerprint density at radius 3 is 2.33 bits per heavy atom. The summed E-state index contributed by atoms with van der Waals surface area (Å²) in [4.78, 5) is 13.9.